The Hall–Kier alpha value is -1.71. The Kier molecular flexibility index (Phi) is 5.69. The van der Waals surface area contributed by atoms with Crippen LogP contribution in [0.1, 0.15) is 38.2 Å². The predicted molar refractivity (Wildman–Crippen MR) is 92.8 cm³/mol. The number of nitrogens with zero attached hydrogens (tertiary/aromatic N) is 2. The van der Waals surface area contributed by atoms with Crippen molar-refractivity contribution in [1.82, 2.24) is 10.2 Å². The molecule has 0 spiro atoms. The van der Waals surface area contributed by atoms with Crippen LogP contribution < -0.4 is 10.1 Å². The number of methoxy groups -OCH3 is 1. The highest BCUT2D eigenvalue weighted by atomic mass is 16.5. The third-order valence-electron chi connectivity index (χ3n) is 4.54. The molecule has 1 saturated carbocycles. The van der Waals surface area contributed by atoms with Gasteiger partial charge in [-0.1, -0.05) is 31.5 Å². The molecule has 122 valence electrons. The molecule has 0 radical (unpaired) electrons. The van der Waals surface area contributed by atoms with Crippen LogP contribution in [0.3, 0.4) is 0 Å². The average molecular weight is 303 g/mol. The van der Waals surface area contributed by atoms with Gasteiger partial charge in [-0.3, -0.25) is 4.99 Å². The minimum atomic E-state index is 0.203. The molecule has 0 heterocycles. The van der Waals surface area contributed by atoms with Crippen molar-refractivity contribution in [3.63, 3.8) is 0 Å². The van der Waals surface area contributed by atoms with E-state index < -0.39 is 0 Å². The van der Waals surface area contributed by atoms with Crippen LogP contribution in [0.5, 0.6) is 5.75 Å². The summed E-state index contributed by atoms with van der Waals surface area (Å²) in [6.07, 6.45) is 4.80. The first kappa shape index (κ1) is 16.7. The van der Waals surface area contributed by atoms with E-state index in [0.29, 0.717) is 0 Å². The van der Waals surface area contributed by atoms with Gasteiger partial charge in [0.25, 0.3) is 0 Å². The number of rotatable bonds is 7. The highest BCUT2D eigenvalue weighted by Crippen LogP contribution is 2.50. The zero-order valence-electron chi connectivity index (χ0n) is 14.4. The maximum absolute atomic E-state index is 5.54. The molecule has 0 bridgehead atoms. The summed E-state index contributed by atoms with van der Waals surface area (Å²) in [5.41, 5.74) is 1.52. The number of ether oxygens (including phenoxy) is 1. The van der Waals surface area contributed by atoms with Crippen molar-refractivity contribution in [2.75, 3.05) is 34.3 Å². The van der Waals surface area contributed by atoms with E-state index in [2.05, 4.69) is 47.4 Å². The summed E-state index contributed by atoms with van der Waals surface area (Å²) in [4.78, 5) is 6.62. The molecule has 22 heavy (non-hydrogen) atoms. The lowest BCUT2D eigenvalue weighted by Gasteiger charge is -2.25. The molecule has 1 fully saturated rings. The fourth-order valence-corrected chi connectivity index (χ4v) is 2.91. The number of para-hydroxylation sites is 1. The van der Waals surface area contributed by atoms with Gasteiger partial charge in [0.05, 0.1) is 7.11 Å². The molecule has 4 heteroatoms. The van der Waals surface area contributed by atoms with Gasteiger partial charge in [-0.15, -0.1) is 0 Å². The summed E-state index contributed by atoms with van der Waals surface area (Å²) in [7, 11) is 5.71. The third kappa shape index (κ3) is 3.73. The first-order valence-electron chi connectivity index (χ1n) is 8.22. The number of hydrogen-bond acceptors (Lipinski definition) is 2. The lowest BCUT2D eigenvalue weighted by atomic mass is 9.95. The van der Waals surface area contributed by atoms with Crippen LogP contribution in [0.4, 0.5) is 0 Å². The van der Waals surface area contributed by atoms with Crippen LogP contribution in [-0.2, 0) is 5.41 Å². The van der Waals surface area contributed by atoms with Crippen molar-refractivity contribution in [2.45, 2.75) is 38.0 Å². The van der Waals surface area contributed by atoms with Gasteiger partial charge in [-0.25, -0.2) is 0 Å². The fraction of sp³-hybridized carbons (Fsp3) is 0.611. The Bertz CT molecular complexity index is 509. The normalized spacial score (nSPS) is 16.3. The van der Waals surface area contributed by atoms with Gasteiger partial charge in [0.2, 0.25) is 0 Å². The highest BCUT2D eigenvalue weighted by molar-refractivity contribution is 5.79. The second kappa shape index (κ2) is 7.52. The second-order valence-corrected chi connectivity index (χ2v) is 6.16. The smallest absolute Gasteiger partial charge is 0.193 e. The van der Waals surface area contributed by atoms with Gasteiger partial charge < -0.3 is 15.0 Å². The molecule has 1 aliphatic carbocycles. The monoisotopic (exact) mass is 303 g/mol. The molecule has 0 aliphatic heterocycles. The van der Waals surface area contributed by atoms with E-state index in [-0.39, 0.29) is 5.41 Å². The van der Waals surface area contributed by atoms with Crippen LogP contribution in [-0.4, -0.2) is 45.2 Å². The number of aliphatic imine (C=N–C) groups is 1. The zero-order chi connectivity index (χ0) is 16.0. The standard InChI is InChI=1S/C18H29N3O/c1-5-6-13-21(3)17(19-2)20-14-18(11-12-18)15-9-7-8-10-16(15)22-4/h7-10H,5-6,11-14H2,1-4H3,(H,19,20). The predicted octanol–water partition coefficient (Wildman–Crippen LogP) is 3.03. The van der Waals surface area contributed by atoms with Crippen LogP contribution in [0.25, 0.3) is 0 Å². The first-order valence-corrected chi connectivity index (χ1v) is 8.22. The summed E-state index contributed by atoms with van der Waals surface area (Å²) < 4.78 is 5.54. The maximum atomic E-state index is 5.54. The Labute approximate surface area is 134 Å². The topological polar surface area (TPSA) is 36.9 Å². The second-order valence-electron chi connectivity index (χ2n) is 6.16. The van der Waals surface area contributed by atoms with Gasteiger partial charge >= 0.3 is 0 Å². The van der Waals surface area contributed by atoms with Crippen molar-refractivity contribution in [3.05, 3.63) is 29.8 Å². The van der Waals surface area contributed by atoms with Gasteiger partial charge in [0.1, 0.15) is 5.75 Å². The van der Waals surface area contributed by atoms with Crippen molar-refractivity contribution in [1.29, 1.82) is 0 Å². The van der Waals surface area contributed by atoms with Gasteiger partial charge in [0.15, 0.2) is 5.96 Å². The fourth-order valence-electron chi connectivity index (χ4n) is 2.91. The number of nitrogens with one attached hydrogen (secondary N) is 1. The minimum Gasteiger partial charge on any atom is -0.496 e. The van der Waals surface area contributed by atoms with E-state index in [1.165, 1.54) is 31.2 Å². The van der Waals surface area contributed by atoms with Crippen molar-refractivity contribution >= 4 is 5.96 Å². The molecule has 0 amide bonds. The van der Waals surface area contributed by atoms with Crippen LogP contribution in [0, 0.1) is 0 Å². The Morgan fingerprint density at radius 1 is 1.36 bits per heavy atom. The Balaban J connectivity index is 2.01. The molecule has 1 aliphatic rings. The minimum absolute atomic E-state index is 0.203. The number of guanidine groups is 1. The van der Waals surface area contributed by atoms with E-state index in [1.54, 1.807) is 7.11 Å². The van der Waals surface area contributed by atoms with E-state index in [0.717, 1.165) is 24.8 Å². The van der Waals surface area contributed by atoms with Crippen molar-refractivity contribution in [3.8, 4) is 5.75 Å². The molecular weight excluding hydrogens is 274 g/mol. The molecule has 1 N–H and O–H groups in total. The maximum Gasteiger partial charge on any atom is 0.193 e. The van der Waals surface area contributed by atoms with Crippen LogP contribution >= 0.6 is 0 Å². The van der Waals surface area contributed by atoms with E-state index in [1.807, 2.05) is 13.1 Å². The molecule has 0 unspecified atom stereocenters. The number of hydrogen-bond donors (Lipinski definition) is 1. The van der Waals surface area contributed by atoms with Gasteiger partial charge in [-0.05, 0) is 25.3 Å². The molecule has 0 saturated heterocycles. The van der Waals surface area contributed by atoms with Gasteiger partial charge in [0, 0.05) is 38.2 Å². The van der Waals surface area contributed by atoms with Crippen LogP contribution in [0.15, 0.2) is 29.3 Å². The van der Waals surface area contributed by atoms with Crippen molar-refractivity contribution < 1.29 is 4.74 Å². The summed E-state index contributed by atoms with van der Waals surface area (Å²) in [6, 6.07) is 8.37. The third-order valence-corrected chi connectivity index (χ3v) is 4.54. The molecule has 0 atom stereocenters. The Morgan fingerprint density at radius 3 is 2.68 bits per heavy atom. The molecule has 1 aromatic rings. The molecule has 1 aromatic carbocycles. The summed E-state index contributed by atoms with van der Waals surface area (Å²) >= 11 is 0. The quantitative estimate of drug-likeness (QED) is 0.621. The zero-order valence-corrected chi connectivity index (χ0v) is 14.4. The van der Waals surface area contributed by atoms with E-state index >= 15 is 0 Å². The number of unbranched alkanes of at least 4 members (excludes halogenated alkanes) is 1. The van der Waals surface area contributed by atoms with Crippen molar-refractivity contribution in [2.24, 2.45) is 4.99 Å². The summed E-state index contributed by atoms with van der Waals surface area (Å²) in [6.45, 7) is 4.17. The van der Waals surface area contributed by atoms with E-state index in [9.17, 15) is 0 Å². The highest BCUT2D eigenvalue weighted by Gasteiger charge is 2.46. The first-order chi connectivity index (χ1) is 10.7. The molecule has 0 aromatic heterocycles. The van der Waals surface area contributed by atoms with Gasteiger partial charge in [-0.2, -0.15) is 0 Å². The number of benzene rings is 1. The summed E-state index contributed by atoms with van der Waals surface area (Å²) in [5.74, 6) is 1.98. The Morgan fingerprint density at radius 2 is 2.09 bits per heavy atom. The largest absolute Gasteiger partial charge is 0.496 e. The molecule has 2 rings (SSSR count). The van der Waals surface area contributed by atoms with E-state index in [4.69, 9.17) is 4.74 Å². The average Bonchev–Trinajstić information content (AvgIpc) is 3.34. The van der Waals surface area contributed by atoms with Crippen LogP contribution in [0.2, 0.25) is 0 Å². The lowest BCUT2D eigenvalue weighted by Crippen LogP contribution is -2.42. The summed E-state index contributed by atoms with van der Waals surface area (Å²) in [5, 5.41) is 3.55. The SMILES string of the molecule is CCCCN(C)C(=NC)NCC1(c2ccccc2OC)CC1. The molecule has 4 nitrogen and oxygen atoms in total. The molecular formula is C18H29N3O. The lowest BCUT2D eigenvalue weighted by molar-refractivity contribution is 0.402.